The maximum Gasteiger partial charge on any atom is 0.320 e. The number of carbonyl (C=O) groups is 1. The highest BCUT2D eigenvalue weighted by molar-refractivity contribution is 7.98. The van der Waals surface area contributed by atoms with Gasteiger partial charge in [0.25, 0.3) is 0 Å². The largest absolute Gasteiger partial charge is 0.490 e. The average Bonchev–Trinajstić information content (AvgIpc) is 2.68. The highest BCUT2D eigenvalue weighted by Gasteiger charge is 2.18. The summed E-state index contributed by atoms with van der Waals surface area (Å²) in [6, 6.07) is 6.88. The molecule has 30 heavy (non-hydrogen) atoms. The molecule has 0 aliphatic carbocycles. The molecule has 5 nitrogen and oxygen atoms in total. The first-order chi connectivity index (χ1) is 14.3. The normalized spacial score (nSPS) is 11.9. The van der Waals surface area contributed by atoms with Gasteiger partial charge in [-0.25, -0.2) is 4.39 Å². The van der Waals surface area contributed by atoms with E-state index in [0.717, 1.165) is 11.3 Å². The summed E-state index contributed by atoms with van der Waals surface area (Å²) in [7, 11) is 0. The van der Waals surface area contributed by atoms with E-state index in [1.807, 2.05) is 13.2 Å². The Bertz CT molecular complexity index is 869. The Hall–Kier alpha value is -1.67. The van der Waals surface area contributed by atoms with Crippen LogP contribution in [-0.2, 0) is 17.9 Å². The highest BCUT2D eigenvalue weighted by Crippen LogP contribution is 2.37. The summed E-state index contributed by atoms with van der Waals surface area (Å²) in [4.78, 5) is 11.4. The minimum Gasteiger partial charge on any atom is -0.490 e. The summed E-state index contributed by atoms with van der Waals surface area (Å²) in [5, 5.41) is 13.0. The van der Waals surface area contributed by atoms with Crippen LogP contribution in [0.4, 0.5) is 4.39 Å². The molecule has 0 fully saturated rings. The Kier molecular flexibility index (Phi) is 10.0. The third kappa shape index (κ3) is 7.23. The van der Waals surface area contributed by atoms with Crippen molar-refractivity contribution in [2.45, 2.75) is 32.5 Å². The molecule has 1 atom stereocenters. The van der Waals surface area contributed by atoms with E-state index in [9.17, 15) is 14.3 Å². The molecule has 0 amide bonds. The monoisotopic (exact) mass is 475 g/mol. The zero-order chi connectivity index (χ0) is 22.1. The quantitative estimate of drug-likeness (QED) is 0.427. The number of rotatable bonds is 12. The van der Waals surface area contributed by atoms with E-state index < -0.39 is 17.8 Å². The fraction of sp³-hybridized carbons (Fsp3) is 0.381. The average molecular weight is 476 g/mol. The number of ether oxygens (including phenoxy) is 2. The molecule has 0 aliphatic rings. The second kappa shape index (κ2) is 12.2. The molecule has 0 aromatic heterocycles. The van der Waals surface area contributed by atoms with Crippen LogP contribution in [0.15, 0.2) is 30.3 Å². The Labute approximate surface area is 189 Å². The highest BCUT2D eigenvalue weighted by atomic mass is 35.5. The van der Waals surface area contributed by atoms with E-state index in [2.05, 4.69) is 5.32 Å². The van der Waals surface area contributed by atoms with E-state index in [1.54, 1.807) is 30.0 Å². The number of carboxylic acids is 1. The molecule has 1 unspecified atom stereocenters. The molecule has 164 valence electrons. The van der Waals surface area contributed by atoms with Crippen molar-refractivity contribution in [2.75, 3.05) is 18.6 Å². The van der Waals surface area contributed by atoms with E-state index in [1.165, 1.54) is 12.1 Å². The van der Waals surface area contributed by atoms with Crippen molar-refractivity contribution in [3.05, 3.63) is 57.3 Å². The molecular formula is C21H24Cl2FNO4S. The molecule has 2 aromatic carbocycles. The molecule has 0 heterocycles. The molecule has 9 heteroatoms. The van der Waals surface area contributed by atoms with Crippen LogP contribution in [0.3, 0.4) is 0 Å². The molecule has 0 radical (unpaired) electrons. The Balaban J connectivity index is 2.15. The van der Waals surface area contributed by atoms with Crippen LogP contribution in [0.25, 0.3) is 0 Å². The van der Waals surface area contributed by atoms with Crippen LogP contribution in [0.1, 0.15) is 24.5 Å². The van der Waals surface area contributed by atoms with Gasteiger partial charge in [-0.1, -0.05) is 29.3 Å². The number of benzene rings is 2. The maximum atomic E-state index is 13.2. The second-order valence-corrected chi connectivity index (χ2v) is 8.22. The van der Waals surface area contributed by atoms with Crippen molar-refractivity contribution in [3.8, 4) is 11.5 Å². The second-order valence-electron chi connectivity index (χ2n) is 6.42. The maximum absolute atomic E-state index is 13.2. The van der Waals surface area contributed by atoms with Gasteiger partial charge in [0, 0.05) is 12.1 Å². The fourth-order valence-corrected chi connectivity index (χ4v) is 3.69. The zero-order valence-corrected chi connectivity index (χ0v) is 19.0. The van der Waals surface area contributed by atoms with Gasteiger partial charge >= 0.3 is 5.97 Å². The van der Waals surface area contributed by atoms with Crippen molar-refractivity contribution in [3.63, 3.8) is 0 Å². The lowest BCUT2D eigenvalue weighted by Gasteiger charge is -2.17. The van der Waals surface area contributed by atoms with Gasteiger partial charge in [-0.05, 0) is 55.2 Å². The van der Waals surface area contributed by atoms with Crippen LogP contribution in [0.2, 0.25) is 10.0 Å². The molecule has 2 rings (SSSR count). The van der Waals surface area contributed by atoms with E-state index >= 15 is 0 Å². The predicted octanol–water partition coefficient (Wildman–Crippen LogP) is 5.41. The first kappa shape index (κ1) is 24.6. The lowest BCUT2D eigenvalue weighted by molar-refractivity contribution is -0.139. The fourth-order valence-electron chi connectivity index (χ4n) is 2.70. The Morgan fingerprint density at radius 3 is 2.63 bits per heavy atom. The molecule has 0 aliphatic heterocycles. The number of nitrogens with one attached hydrogen (secondary N) is 1. The minimum atomic E-state index is -0.892. The van der Waals surface area contributed by atoms with Gasteiger partial charge in [-0.15, -0.1) is 0 Å². The van der Waals surface area contributed by atoms with Crippen molar-refractivity contribution in [2.24, 2.45) is 0 Å². The molecule has 2 N–H and O–H groups in total. The van der Waals surface area contributed by atoms with Gasteiger partial charge in [-0.2, -0.15) is 11.8 Å². The zero-order valence-electron chi connectivity index (χ0n) is 16.7. The van der Waals surface area contributed by atoms with Gasteiger partial charge in [0.2, 0.25) is 0 Å². The molecule has 0 bridgehead atoms. The van der Waals surface area contributed by atoms with Crippen LogP contribution in [-0.4, -0.2) is 35.7 Å². The third-order valence-corrected chi connectivity index (χ3v) is 5.49. The number of hydrogen-bond acceptors (Lipinski definition) is 5. The standard InChI is InChI=1S/C21H24Cl2FNO4S/c1-3-28-19-9-13(11-25-18(21(26)27)6-7-30-2)8-17(23)20(19)29-12-14-4-5-15(24)10-16(14)22/h4-5,8-10,18,25H,3,6-7,11-12H2,1-2H3,(H,26,27). The summed E-state index contributed by atoms with van der Waals surface area (Å²) >= 11 is 14.1. The number of aliphatic carboxylic acids is 1. The molecule has 0 saturated carbocycles. The van der Waals surface area contributed by atoms with Crippen LogP contribution in [0, 0.1) is 5.82 Å². The van der Waals surface area contributed by atoms with Crippen LogP contribution >= 0.6 is 35.0 Å². The molecule has 0 spiro atoms. The van der Waals surface area contributed by atoms with Gasteiger partial charge < -0.3 is 19.9 Å². The first-order valence-corrected chi connectivity index (χ1v) is 11.5. The number of thioether (sulfide) groups is 1. The van der Waals surface area contributed by atoms with Crippen LogP contribution in [0.5, 0.6) is 11.5 Å². The lowest BCUT2D eigenvalue weighted by atomic mass is 10.1. The van der Waals surface area contributed by atoms with Gasteiger partial charge in [-0.3, -0.25) is 4.79 Å². The summed E-state index contributed by atoms with van der Waals surface area (Å²) < 4.78 is 24.7. The lowest BCUT2D eigenvalue weighted by Crippen LogP contribution is -2.36. The topological polar surface area (TPSA) is 67.8 Å². The summed E-state index contributed by atoms with van der Waals surface area (Å²) in [5.74, 6) is 0.214. The van der Waals surface area contributed by atoms with Gasteiger partial charge in [0.15, 0.2) is 11.5 Å². The van der Waals surface area contributed by atoms with Crippen molar-refractivity contribution < 1.29 is 23.8 Å². The Morgan fingerprint density at radius 2 is 2.00 bits per heavy atom. The number of carboxylic acid groups (broad SMARTS) is 1. The predicted molar refractivity (Wildman–Crippen MR) is 120 cm³/mol. The number of halogens is 3. The molecular weight excluding hydrogens is 452 g/mol. The minimum absolute atomic E-state index is 0.0896. The Morgan fingerprint density at radius 1 is 1.23 bits per heavy atom. The summed E-state index contributed by atoms with van der Waals surface area (Å²) in [5.41, 5.74) is 1.38. The van der Waals surface area contributed by atoms with Gasteiger partial charge in [0.05, 0.1) is 16.7 Å². The summed E-state index contributed by atoms with van der Waals surface area (Å²) in [6.07, 6.45) is 2.45. The van der Waals surface area contributed by atoms with Crippen molar-refractivity contribution >= 4 is 40.9 Å². The van der Waals surface area contributed by atoms with Crippen molar-refractivity contribution in [1.29, 1.82) is 0 Å². The molecule has 0 saturated heterocycles. The molecule has 2 aromatic rings. The SMILES string of the molecule is CCOc1cc(CNC(CCSC)C(=O)O)cc(Cl)c1OCc1ccc(F)cc1Cl. The number of hydrogen-bond donors (Lipinski definition) is 2. The van der Waals surface area contributed by atoms with E-state index in [-0.39, 0.29) is 11.6 Å². The smallest absolute Gasteiger partial charge is 0.320 e. The van der Waals surface area contributed by atoms with Gasteiger partial charge in [0.1, 0.15) is 18.5 Å². The third-order valence-electron chi connectivity index (χ3n) is 4.22. The van der Waals surface area contributed by atoms with Crippen molar-refractivity contribution in [1.82, 2.24) is 5.32 Å². The first-order valence-electron chi connectivity index (χ1n) is 9.32. The summed E-state index contributed by atoms with van der Waals surface area (Å²) in [6.45, 7) is 2.64. The van der Waals surface area contributed by atoms with E-state index in [0.29, 0.717) is 41.7 Å². The van der Waals surface area contributed by atoms with Crippen LogP contribution < -0.4 is 14.8 Å². The van der Waals surface area contributed by atoms with E-state index in [4.69, 9.17) is 32.7 Å².